The monoisotopic (exact) mass is 330 g/mol. The van der Waals surface area contributed by atoms with Crippen LogP contribution in [-0.4, -0.2) is 15.1 Å². The number of aromatic nitrogens is 3. The van der Waals surface area contributed by atoms with Gasteiger partial charge < -0.3 is 10.3 Å². The van der Waals surface area contributed by atoms with Crippen molar-refractivity contribution in [1.29, 1.82) is 0 Å². The van der Waals surface area contributed by atoms with E-state index in [1.165, 1.54) is 0 Å². The molecule has 2 aromatic heterocycles. The molecule has 0 aliphatic carbocycles. The third-order valence-corrected chi connectivity index (χ3v) is 3.56. The van der Waals surface area contributed by atoms with E-state index in [1.807, 2.05) is 37.3 Å². The lowest BCUT2D eigenvalue weighted by Crippen LogP contribution is -1.90. The van der Waals surface area contributed by atoms with Gasteiger partial charge in [0.15, 0.2) is 0 Å². The third-order valence-electron chi connectivity index (χ3n) is 2.92. The third kappa shape index (κ3) is 2.30. The van der Waals surface area contributed by atoms with E-state index in [0.717, 1.165) is 15.6 Å². The van der Waals surface area contributed by atoms with E-state index in [9.17, 15) is 0 Å². The molecule has 0 bridgehead atoms. The average molecular weight is 331 g/mol. The molecule has 3 rings (SSSR count). The van der Waals surface area contributed by atoms with Gasteiger partial charge in [0.2, 0.25) is 5.82 Å². The second-order valence-electron chi connectivity index (χ2n) is 4.33. The van der Waals surface area contributed by atoms with E-state index in [1.54, 1.807) is 6.20 Å². The van der Waals surface area contributed by atoms with E-state index in [4.69, 9.17) is 10.3 Å². The van der Waals surface area contributed by atoms with E-state index < -0.39 is 0 Å². The highest BCUT2D eigenvalue weighted by Gasteiger charge is 2.14. The zero-order valence-electron chi connectivity index (χ0n) is 10.7. The Bertz CT molecular complexity index is 769. The summed E-state index contributed by atoms with van der Waals surface area (Å²) in [5.41, 5.74) is 9.03. The summed E-state index contributed by atoms with van der Waals surface area (Å²) in [5, 5.41) is 3.96. The van der Waals surface area contributed by atoms with Crippen molar-refractivity contribution in [2.75, 3.05) is 5.73 Å². The van der Waals surface area contributed by atoms with Crippen molar-refractivity contribution in [3.05, 3.63) is 46.6 Å². The van der Waals surface area contributed by atoms with E-state index in [-0.39, 0.29) is 0 Å². The molecular weight excluding hydrogens is 320 g/mol. The normalized spacial score (nSPS) is 10.7. The summed E-state index contributed by atoms with van der Waals surface area (Å²) >= 11 is 3.42. The van der Waals surface area contributed by atoms with Gasteiger partial charge >= 0.3 is 0 Å². The van der Waals surface area contributed by atoms with Crippen LogP contribution in [0.3, 0.4) is 0 Å². The fraction of sp³-hybridized carbons (Fsp3) is 0.0714. The highest BCUT2D eigenvalue weighted by Crippen LogP contribution is 2.27. The summed E-state index contributed by atoms with van der Waals surface area (Å²) in [6, 6.07) is 9.35. The van der Waals surface area contributed by atoms with Crippen molar-refractivity contribution in [1.82, 2.24) is 15.1 Å². The standard InChI is InChI=1S/C14H11BrN4O/c1-8-4-5-9(7-11(8)16)14-18-13(19-20-14)12-10(15)3-2-6-17-12/h2-7H,16H2,1H3. The van der Waals surface area contributed by atoms with Crippen LogP contribution >= 0.6 is 15.9 Å². The number of hydrogen-bond acceptors (Lipinski definition) is 5. The maximum atomic E-state index is 5.89. The summed E-state index contributed by atoms with van der Waals surface area (Å²) in [4.78, 5) is 8.59. The van der Waals surface area contributed by atoms with Crippen molar-refractivity contribution in [3.8, 4) is 23.0 Å². The van der Waals surface area contributed by atoms with Crippen LogP contribution < -0.4 is 5.73 Å². The summed E-state index contributed by atoms with van der Waals surface area (Å²) in [5.74, 6) is 0.857. The molecule has 2 heterocycles. The van der Waals surface area contributed by atoms with Gasteiger partial charge in [-0.05, 0) is 52.7 Å². The number of nitrogens with zero attached hydrogens (tertiary/aromatic N) is 3. The lowest BCUT2D eigenvalue weighted by Gasteiger charge is -2.00. The summed E-state index contributed by atoms with van der Waals surface area (Å²) in [6.07, 6.45) is 1.68. The molecule has 6 heteroatoms. The molecule has 0 spiro atoms. The number of benzene rings is 1. The molecule has 0 saturated carbocycles. The first-order chi connectivity index (χ1) is 9.65. The maximum absolute atomic E-state index is 5.89. The average Bonchev–Trinajstić information content (AvgIpc) is 2.92. The fourth-order valence-electron chi connectivity index (χ4n) is 1.76. The minimum atomic E-state index is 0.421. The highest BCUT2D eigenvalue weighted by molar-refractivity contribution is 9.10. The largest absolute Gasteiger partial charge is 0.398 e. The molecule has 100 valence electrons. The number of anilines is 1. The van der Waals surface area contributed by atoms with Gasteiger partial charge in [0.25, 0.3) is 5.89 Å². The number of hydrogen-bond donors (Lipinski definition) is 1. The molecule has 0 aliphatic rings. The van der Waals surface area contributed by atoms with Crippen LogP contribution in [0.25, 0.3) is 23.0 Å². The number of rotatable bonds is 2. The van der Waals surface area contributed by atoms with Gasteiger partial charge in [0.1, 0.15) is 5.69 Å². The molecule has 0 amide bonds. The molecule has 0 fully saturated rings. The van der Waals surface area contributed by atoms with Crippen LogP contribution in [-0.2, 0) is 0 Å². The van der Waals surface area contributed by atoms with Gasteiger partial charge in [-0.3, -0.25) is 4.98 Å². The first-order valence-electron chi connectivity index (χ1n) is 5.96. The number of nitrogen functional groups attached to an aromatic ring is 1. The Balaban J connectivity index is 2.02. The molecule has 0 aliphatic heterocycles. The minimum absolute atomic E-state index is 0.421. The Labute approximate surface area is 124 Å². The first-order valence-corrected chi connectivity index (χ1v) is 6.75. The first kappa shape index (κ1) is 12.8. The Kier molecular flexibility index (Phi) is 3.23. The van der Waals surface area contributed by atoms with Gasteiger partial charge in [0.05, 0.1) is 0 Å². The number of aryl methyl sites for hydroxylation is 1. The molecule has 5 nitrogen and oxygen atoms in total. The zero-order valence-corrected chi connectivity index (χ0v) is 12.3. The van der Waals surface area contributed by atoms with Crippen molar-refractivity contribution in [3.63, 3.8) is 0 Å². The number of nitrogens with two attached hydrogens (primary N) is 1. The van der Waals surface area contributed by atoms with Crippen LogP contribution in [0.4, 0.5) is 5.69 Å². The summed E-state index contributed by atoms with van der Waals surface area (Å²) < 4.78 is 6.09. The predicted molar refractivity (Wildman–Crippen MR) is 79.8 cm³/mol. The molecule has 2 N–H and O–H groups in total. The molecule has 0 unspecified atom stereocenters. The lowest BCUT2D eigenvalue weighted by molar-refractivity contribution is 0.432. The van der Waals surface area contributed by atoms with Crippen LogP contribution in [0, 0.1) is 6.92 Å². The molecule has 0 saturated heterocycles. The second-order valence-corrected chi connectivity index (χ2v) is 5.18. The highest BCUT2D eigenvalue weighted by atomic mass is 79.9. The van der Waals surface area contributed by atoms with E-state index >= 15 is 0 Å². The minimum Gasteiger partial charge on any atom is -0.398 e. The van der Waals surface area contributed by atoms with Crippen molar-refractivity contribution >= 4 is 21.6 Å². The topological polar surface area (TPSA) is 77.8 Å². The van der Waals surface area contributed by atoms with Crippen molar-refractivity contribution in [2.24, 2.45) is 0 Å². The van der Waals surface area contributed by atoms with E-state index in [0.29, 0.717) is 23.1 Å². The maximum Gasteiger partial charge on any atom is 0.258 e. The molecule has 0 radical (unpaired) electrons. The Morgan fingerprint density at radius 1 is 1.25 bits per heavy atom. The van der Waals surface area contributed by atoms with Crippen LogP contribution in [0.15, 0.2) is 45.5 Å². The van der Waals surface area contributed by atoms with Gasteiger partial charge in [0, 0.05) is 21.9 Å². The number of pyridine rings is 1. The zero-order chi connectivity index (χ0) is 14.1. The SMILES string of the molecule is Cc1ccc(-c2nc(-c3ncccc3Br)no2)cc1N. The second kappa shape index (κ2) is 5.05. The quantitative estimate of drug-likeness (QED) is 0.728. The Hall–Kier alpha value is -2.21. The molecule has 0 atom stereocenters. The van der Waals surface area contributed by atoms with Gasteiger partial charge in [-0.15, -0.1) is 0 Å². The molecular formula is C14H11BrN4O. The Morgan fingerprint density at radius 3 is 2.85 bits per heavy atom. The van der Waals surface area contributed by atoms with Crippen LogP contribution in [0.5, 0.6) is 0 Å². The molecule has 20 heavy (non-hydrogen) atoms. The summed E-state index contributed by atoms with van der Waals surface area (Å²) in [6.45, 7) is 1.95. The van der Waals surface area contributed by atoms with Gasteiger partial charge in [-0.25, -0.2) is 0 Å². The molecule has 3 aromatic rings. The van der Waals surface area contributed by atoms with Gasteiger partial charge in [-0.1, -0.05) is 11.2 Å². The predicted octanol–water partition coefficient (Wildman–Crippen LogP) is 3.45. The smallest absolute Gasteiger partial charge is 0.258 e. The van der Waals surface area contributed by atoms with Crippen molar-refractivity contribution in [2.45, 2.75) is 6.92 Å². The van der Waals surface area contributed by atoms with Gasteiger partial charge in [-0.2, -0.15) is 4.98 Å². The fourth-order valence-corrected chi connectivity index (χ4v) is 2.19. The number of halogens is 1. The lowest BCUT2D eigenvalue weighted by atomic mass is 10.1. The van der Waals surface area contributed by atoms with Crippen LogP contribution in [0.2, 0.25) is 0 Å². The Morgan fingerprint density at radius 2 is 2.10 bits per heavy atom. The summed E-state index contributed by atoms with van der Waals surface area (Å²) in [7, 11) is 0. The molecule has 1 aromatic carbocycles. The van der Waals surface area contributed by atoms with Crippen molar-refractivity contribution < 1.29 is 4.52 Å². The van der Waals surface area contributed by atoms with E-state index in [2.05, 4.69) is 31.1 Å². The van der Waals surface area contributed by atoms with Crippen LogP contribution in [0.1, 0.15) is 5.56 Å².